The van der Waals surface area contributed by atoms with Crippen LogP contribution in [0, 0.1) is 11.3 Å². The Morgan fingerprint density at radius 3 is 2.38 bits per heavy atom. The van der Waals surface area contributed by atoms with Gasteiger partial charge in [-0.2, -0.15) is 5.26 Å². The van der Waals surface area contributed by atoms with E-state index in [-0.39, 0.29) is 24.5 Å². The molecule has 29 heavy (non-hydrogen) atoms. The summed E-state index contributed by atoms with van der Waals surface area (Å²) in [6.07, 6.45) is 0.415. The highest BCUT2D eigenvalue weighted by Crippen LogP contribution is 2.28. The number of carbonyl (C=O) groups excluding carboxylic acids is 2. The second-order valence-corrected chi connectivity index (χ2v) is 6.31. The molecule has 2 rings (SSSR count). The molecule has 2 aromatic carbocycles. The third-order valence-electron chi connectivity index (χ3n) is 4.12. The van der Waals surface area contributed by atoms with E-state index >= 15 is 0 Å². The molecule has 2 amide bonds. The van der Waals surface area contributed by atoms with Crippen molar-refractivity contribution in [2.24, 2.45) is 0 Å². The molecule has 7 heteroatoms. The van der Waals surface area contributed by atoms with Gasteiger partial charge in [0.1, 0.15) is 0 Å². The zero-order chi connectivity index (χ0) is 21.2. The second kappa shape index (κ2) is 10.7. The van der Waals surface area contributed by atoms with Crippen LogP contribution in [0.3, 0.4) is 0 Å². The Balaban J connectivity index is 1.92. The molecule has 0 saturated heterocycles. The zero-order valence-corrected chi connectivity index (χ0v) is 16.8. The zero-order valence-electron chi connectivity index (χ0n) is 16.8. The summed E-state index contributed by atoms with van der Waals surface area (Å²) in [5, 5.41) is 14.6. The van der Waals surface area contributed by atoms with Gasteiger partial charge >= 0.3 is 0 Å². The predicted octanol–water partition coefficient (Wildman–Crippen LogP) is 3.56. The number of nitrogens with zero attached hydrogens (tertiary/aromatic N) is 1. The first-order chi connectivity index (χ1) is 14.0. The predicted molar refractivity (Wildman–Crippen MR) is 110 cm³/mol. The first-order valence-corrected chi connectivity index (χ1v) is 9.45. The fraction of sp³-hybridized carbons (Fsp3) is 0.318. The number of amides is 2. The lowest BCUT2D eigenvalue weighted by Crippen LogP contribution is -2.31. The van der Waals surface area contributed by atoms with Crippen LogP contribution in [0.15, 0.2) is 42.5 Å². The SMILES string of the molecule is CCOc1cc(C#N)ccc1OCC(=O)NC(C)c1ccc(NC(=O)CC)cc1. The molecule has 0 aliphatic carbocycles. The summed E-state index contributed by atoms with van der Waals surface area (Å²) in [6, 6.07) is 13.9. The highest BCUT2D eigenvalue weighted by Gasteiger charge is 2.13. The summed E-state index contributed by atoms with van der Waals surface area (Å²) in [7, 11) is 0. The molecule has 152 valence electrons. The van der Waals surface area contributed by atoms with Gasteiger partial charge in [0.25, 0.3) is 5.91 Å². The number of rotatable bonds is 9. The number of carbonyl (C=O) groups is 2. The fourth-order valence-corrected chi connectivity index (χ4v) is 2.58. The van der Waals surface area contributed by atoms with Crippen LogP contribution in [0.25, 0.3) is 0 Å². The summed E-state index contributed by atoms with van der Waals surface area (Å²) in [5.41, 5.74) is 2.07. The largest absolute Gasteiger partial charge is 0.490 e. The lowest BCUT2D eigenvalue weighted by Gasteiger charge is -2.16. The molecule has 0 bridgehead atoms. The van der Waals surface area contributed by atoms with Crippen molar-refractivity contribution in [1.29, 1.82) is 5.26 Å². The van der Waals surface area contributed by atoms with E-state index in [2.05, 4.69) is 10.6 Å². The second-order valence-electron chi connectivity index (χ2n) is 6.31. The molecule has 1 atom stereocenters. The number of benzene rings is 2. The average Bonchev–Trinajstić information content (AvgIpc) is 2.73. The Morgan fingerprint density at radius 2 is 1.76 bits per heavy atom. The van der Waals surface area contributed by atoms with Crippen molar-refractivity contribution in [3.05, 3.63) is 53.6 Å². The minimum absolute atomic E-state index is 0.0505. The van der Waals surface area contributed by atoms with Crippen molar-refractivity contribution in [3.63, 3.8) is 0 Å². The first-order valence-electron chi connectivity index (χ1n) is 9.45. The van der Waals surface area contributed by atoms with Crippen LogP contribution in [-0.2, 0) is 9.59 Å². The molecule has 0 spiro atoms. The quantitative estimate of drug-likeness (QED) is 0.676. The average molecular weight is 395 g/mol. The van der Waals surface area contributed by atoms with Crippen LogP contribution in [0.5, 0.6) is 11.5 Å². The van der Waals surface area contributed by atoms with E-state index in [9.17, 15) is 9.59 Å². The number of hydrogen-bond donors (Lipinski definition) is 2. The van der Waals surface area contributed by atoms with E-state index in [1.165, 1.54) is 0 Å². The molecule has 0 radical (unpaired) electrons. The van der Waals surface area contributed by atoms with Crippen LogP contribution in [-0.4, -0.2) is 25.0 Å². The molecular formula is C22H25N3O4. The first kappa shape index (κ1) is 21.8. The van der Waals surface area contributed by atoms with Gasteiger partial charge in [-0.05, 0) is 43.7 Å². The summed E-state index contributed by atoms with van der Waals surface area (Å²) in [4.78, 5) is 23.7. The van der Waals surface area contributed by atoms with Crippen LogP contribution in [0.2, 0.25) is 0 Å². The van der Waals surface area contributed by atoms with Gasteiger partial charge in [-0.15, -0.1) is 0 Å². The fourth-order valence-electron chi connectivity index (χ4n) is 2.58. The van der Waals surface area contributed by atoms with Gasteiger partial charge < -0.3 is 20.1 Å². The normalized spacial score (nSPS) is 11.1. The lowest BCUT2D eigenvalue weighted by atomic mass is 10.1. The Labute approximate surface area is 170 Å². The summed E-state index contributed by atoms with van der Waals surface area (Å²) < 4.78 is 11.0. The Kier molecular flexibility index (Phi) is 8.04. The number of nitriles is 1. The lowest BCUT2D eigenvalue weighted by molar-refractivity contribution is -0.123. The van der Waals surface area contributed by atoms with Crippen LogP contribution in [0.4, 0.5) is 5.69 Å². The van der Waals surface area contributed by atoms with E-state index in [0.717, 1.165) is 5.56 Å². The maximum absolute atomic E-state index is 12.3. The van der Waals surface area contributed by atoms with E-state index in [4.69, 9.17) is 14.7 Å². The molecule has 0 aliphatic heterocycles. The molecule has 0 aromatic heterocycles. The third kappa shape index (κ3) is 6.54. The molecule has 0 heterocycles. The van der Waals surface area contributed by atoms with Crippen molar-refractivity contribution >= 4 is 17.5 Å². The maximum Gasteiger partial charge on any atom is 0.258 e. The summed E-state index contributed by atoms with van der Waals surface area (Å²) in [5.74, 6) is 0.500. The molecule has 0 fully saturated rings. The van der Waals surface area contributed by atoms with Crippen molar-refractivity contribution in [2.45, 2.75) is 33.2 Å². The number of nitrogens with one attached hydrogen (secondary N) is 2. The molecule has 0 aliphatic rings. The standard InChI is InChI=1S/C22H25N3O4/c1-4-21(26)25-18-9-7-17(8-10-18)15(3)24-22(27)14-29-19-11-6-16(13-23)12-20(19)28-5-2/h6-12,15H,4-5,14H2,1-3H3,(H,24,27)(H,25,26). The minimum Gasteiger partial charge on any atom is -0.490 e. The van der Waals surface area contributed by atoms with Crippen molar-refractivity contribution in [3.8, 4) is 17.6 Å². The molecule has 0 saturated carbocycles. The number of anilines is 1. The molecule has 2 N–H and O–H groups in total. The van der Waals surface area contributed by atoms with Gasteiger partial charge in [-0.25, -0.2) is 0 Å². The smallest absolute Gasteiger partial charge is 0.258 e. The van der Waals surface area contributed by atoms with Gasteiger partial charge in [-0.1, -0.05) is 19.1 Å². The van der Waals surface area contributed by atoms with Gasteiger partial charge in [0.05, 0.1) is 24.3 Å². The van der Waals surface area contributed by atoms with Crippen molar-refractivity contribution < 1.29 is 19.1 Å². The Bertz CT molecular complexity index is 888. The molecular weight excluding hydrogens is 370 g/mol. The van der Waals surface area contributed by atoms with Crippen LogP contribution in [0.1, 0.15) is 44.4 Å². The van der Waals surface area contributed by atoms with E-state index < -0.39 is 0 Å². The topological polar surface area (TPSA) is 100 Å². The Morgan fingerprint density at radius 1 is 1.03 bits per heavy atom. The number of hydrogen-bond acceptors (Lipinski definition) is 5. The van der Waals surface area contributed by atoms with Gasteiger partial charge in [-0.3, -0.25) is 9.59 Å². The van der Waals surface area contributed by atoms with E-state index in [0.29, 0.717) is 35.8 Å². The van der Waals surface area contributed by atoms with E-state index in [1.54, 1.807) is 37.3 Å². The van der Waals surface area contributed by atoms with Gasteiger partial charge in [0, 0.05) is 18.2 Å². The molecule has 7 nitrogen and oxygen atoms in total. The van der Waals surface area contributed by atoms with Crippen molar-refractivity contribution in [1.82, 2.24) is 5.32 Å². The summed E-state index contributed by atoms with van der Waals surface area (Å²) >= 11 is 0. The minimum atomic E-state index is -0.285. The van der Waals surface area contributed by atoms with Crippen molar-refractivity contribution in [2.75, 3.05) is 18.5 Å². The highest BCUT2D eigenvalue weighted by molar-refractivity contribution is 5.90. The van der Waals surface area contributed by atoms with Gasteiger partial charge in [0.2, 0.25) is 5.91 Å². The molecule has 2 aromatic rings. The molecule has 1 unspecified atom stereocenters. The maximum atomic E-state index is 12.3. The van der Waals surface area contributed by atoms with Gasteiger partial charge in [0.15, 0.2) is 18.1 Å². The van der Waals surface area contributed by atoms with E-state index in [1.807, 2.05) is 32.0 Å². The van der Waals surface area contributed by atoms with Crippen LogP contribution < -0.4 is 20.1 Å². The third-order valence-corrected chi connectivity index (χ3v) is 4.12. The monoisotopic (exact) mass is 395 g/mol. The summed E-state index contributed by atoms with van der Waals surface area (Å²) in [6.45, 7) is 5.73. The highest BCUT2D eigenvalue weighted by atomic mass is 16.5. The van der Waals surface area contributed by atoms with Crippen LogP contribution >= 0.6 is 0 Å². The number of ether oxygens (including phenoxy) is 2. The Hall–Kier alpha value is -3.53.